The van der Waals surface area contributed by atoms with Crippen molar-refractivity contribution in [2.75, 3.05) is 6.61 Å². The lowest BCUT2D eigenvalue weighted by atomic mass is 9.92. The lowest BCUT2D eigenvalue weighted by molar-refractivity contribution is -0.139. The molecule has 0 saturated carbocycles. The minimum Gasteiger partial charge on any atom is -0.508 e. The van der Waals surface area contributed by atoms with E-state index in [-0.39, 0.29) is 23.5 Å². The van der Waals surface area contributed by atoms with Crippen molar-refractivity contribution in [1.82, 2.24) is 0 Å². The lowest BCUT2D eigenvalue weighted by Gasteiger charge is -2.22. The monoisotopic (exact) mass is 326 g/mol. The van der Waals surface area contributed by atoms with Crippen LogP contribution in [-0.4, -0.2) is 28.7 Å². The molecule has 24 heavy (non-hydrogen) atoms. The van der Waals surface area contributed by atoms with E-state index in [9.17, 15) is 10.2 Å². The molecule has 0 bridgehead atoms. The maximum Gasteiger partial charge on any atom is 0.163 e. The minimum absolute atomic E-state index is 0.00109. The topological polar surface area (TPSA) is 58.9 Å². The number of aromatic hydroxyl groups is 2. The zero-order valence-electron chi connectivity index (χ0n) is 13.8. The SMILES string of the molecule is CC1(C)OCC([C@@H](C=Cc2ccc(O)cc2)c2ccc(O)cc2)O1. The molecule has 2 aromatic carbocycles. The van der Waals surface area contributed by atoms with Crippen LogP contribution in [0.2, 0.25) is 0 Å². The predicted octanol–water partition coefficient (Wildman–Crippen LogP) is 4.05. The smallest absolute Gasteiger partial charge is 0.163 e. The average molecular weight is 326 g/mol. The van der Waals surface area contributed by atoms with Crippen molar-refractivity contribution in [3.05, 3.63) is 65.7 Å². The number of phenols is 2. The molecular weight excluding hydrogens is 304 g/mol. The molecule has 0 aliphatic carbocycles. The third kappa shape index (κ3) is 3.96. The maximum absolute atomic E-state index is 9.52. The van der Waals surface area contributed by atoms with Gasteiger partial charge in [0.2, 0.25) is 0 Å². The summed E-state index contributed by atoms with van der Waals surface area (Å²) in [5, 5.41) is 18.9. The molecule has 1 saturated heterocycles. The summed E-state index contributed by atoms with van der Waals surface area (Å²) in [5.41, 5.74) is 2.05. The van der Waals surface area contributed by atoms with Gasteiger partial charge in [0, 0.05) is 5.92 Å². The van der Waals surface area contributed by atoms with Crippen LogP contribution in [0.5, 0.6) is 11.5 Å². The Balaban J connectivity index is 1.87. The highest BCUT2D eigenvalue weighted by Crippen LogP contribution is 2.34. The molecule has 0 spiro atoms. The largest absolute Gasteiger partial charge is 0.508 e. The molecule has 0 amide bonds. The first-order chi connectivity index (χ1) is 11.4. The molecule has 4 nitrogen and oxygen atoms in total. The molecule has 126 valence electrons. The highest BCUT2D eigenvalue weighted by Gasteiger charge is 2.37. The average Bonchev–Trinajstić information content (AvgIpc) is 2.91. The molecule has 4 heteroatoms. The van der Waals surface area contributed by atoms with Gasteiger partial charge < -0.3 is 19.7 Å². The second-order valence-electron chi connectivity index (χ2n) is 6.44. The van der Waals surface area contributed by atoms with E-state index >= 15 is 0 Å². The summed E-state index contributed by atoms with van der Waals surface area (Å²) in [4.78, 5) is 0. The molecule has 3 rings (SSSR count). The minimum atomic E-state index is -0.591. The molecule has 2 N–H and O–H groups in total. The zero-order chi connectivity index (χ0) is 17.2. The Morgan fingerprint density at radius 3 is 2.12 bits per heavy atom. The summed E-state index contributed by atoms with van der Waals surface area (Å²) >= 11 is 0. The van der Waals surface area contributed by atoms with Crippen molar-refractivity contribution in [1.29, 1.82) is 0 Å². The fourth-order valence-electron chi connectivity index (χ4n) is 2.84. The van der Waals surface area contributed by atoms with Gasteiger partial charge >= 0.3 is 0 Å². The Labute approximate surface area is 142 Å². The Morgan fingerprint density at radius 1 is 1.00 bits per heavy atom. The summed E-state index contributed by atoms with van der Waals surface area (Å²) in [5.74, 6) is -0.103. The normalized spacial score (nSPS) is 21.2. The van der Waals surface area contributed by atoms with Crippen LogP contribution in [0, 0.1) is 0 Å². The van der Waals surface area contributed by atoms with Crippen LogP contribution in [0.25, 0.3) is 6.08 Å². The Bertz CT molecular complexity index is 701. The van der Waals surface area contributed by atoms with E-state index < -0.39 is 5.79 Å². The van der Waals surface area contributed by atoms with Crippen molar-refractivity contribution >= 4 is 6.08 Å². The lowest BCUT2D eigenvalue weighted by Crippen LogP contribution is -2.24. The Morgan fingerprint density at radius 2 is 1.58 bits per heavy atom. The predicted molar refractivity (Wildman–Crippen MR) is 92.9 cm³/mol. The number of hydrogen-bond acceptors (Lipinski definition) is 4. The number of hydrogen-bond donors (Lipinski definition) is 2. The van der Waals surface area contributed by atoms with Gasteiger partial charge in [-0.25, -0.2) is 0 Å². The van der Waals surface area contributed by atoms with E-state index in [1.165, 1.54) is 0 Å². The molecule has 1 unspecified atom stereocenters. The molecule has 2 atom stereocenters. The van der Waals surface area contributed by atoms with Crippen LogP contribution >= 0.6 is 0 Å². The maximum atomic E-state index is 9.52. The van der Waals surface area contributed by atoms with Crippen molar-refractivity contribution in [3.8, 4) is 11.5 Å². The molecule has 1 aliphatic heterocycles. The molecule has 0 aromatic heterocycles. The van der Waals surface area contributed by atoms with Crippen molar-refractivity contribution < 1.29 is 19.7 Å². The van der Waals surface area contributed by atoms with Crippen LogP contribution in [0.3, 0.4) is 0 Å². The van der Waals surface area contributed by atoms with Gasteiger partial charge in [0.25, 0.3) is 0 Å². The van der Waals surface area contributed by atoms with E-state index in [0.29, 0.717) is 6.61 Å². The second kappa shape index (κ2) is 6.67. The number of rotatable bonds is 4. The quantitative estimate of drug-likeness (QED) is 0.890. The molecule has 2 aromatic rings. The van der Waals surface area contributed by atoms with Gasteiger partial charge in [-0.05, 0) is 49.2 Å². The fraction of sp³-hybridized carbons (Fsp3) is 0.300. The Kier molecular flexibility index (Phi) is 4.60. The highest BCUT2D eigenvalue weighted by molar-refractivity contribution is 5.52. The van der Waals surface area contributed by atoms with Crippen LogP contribution in [0.15, 0.2) is 54.6 Å². The molecule has 1 heterocycles. The Hall–Kier alpha value is -2.30. The summed E-state index contributed by atoms with van der Waals surface area (Å²) < 4.78 is 11.7. The number of phenolic OH excluding ortho intramolecular Hbond substituents is 2. The first-order valence-electron chi connectivity index (χ1n) is 8.01. The van der Waals surface area contributed by atoms with E-state index in [2.05, 4.69) is 6.08 Å². The van der Waals surface area contributed by atoms with E-state index in [4.69, 9.17) is 9.47 Å². The van der Waals surface area contributed by atoms with E-state index in [0.717, 1.165) is 11.1 Å². The number of benzene rings is 2. The van der Waals surface area contributed by atoms with Crippen LogP contribution in [-0.2, 0) is 9.47 Å². The summed E-state index contributed by atoms with van der Waals surface area (Å²) in [6.45, 7) is 4.33. The van der Waals surface area contributed by atoms with Crippen molar-refractivity contribution in [2.24, 2.45) is 0 Å². The first-order valence-corrected chi connectivity index (χ1v) is 8.01. The van der Waals surface area contributed by atoms with Gasteiger partial charge in [0.1, 0.15) is 11.5 Å². The molecule has 1 aliphatic rings. The van der Waals surface area contributed by atoms with E-state index in [1.54, 1.807) is 24.3 Å². The fourth-order valence-corrected chi connectivity index (χ4v) is 2.84. The second-order valence-corrected chi connectivity index (χ2v) is 6.44. The summed E-state index contributed by atoms with van der Waals surface area (Å²) in [7, 11) is 0. The molecular formula is C20H22O4. The van der Waals surface area contributed by atoms with Crippen LogP contribution < -0.4 is 0 Å². The van der Waals surface area contributed by atoms with Crippen LogP contribution in [0.1, 0.15) is 30.9 Å². The van der Waals surface area contributed by atoms with Crippen molar-refractivity contribution in [3.63, 3.8) is 0 Å². The van der Waals surface area contributed by atoms with E-state index in [1.807, 2.05) is 44.2 Å². The number of ether oxygens (including phenoxy) is 2. The standard InChI is InChI=1S/C20H22O4/c1-20(2)23-13-19(24-20)18(15-6-10-17(22)11-7-15)12-5-14-3-8-16(21)9-4-14/h3-12,18-19,21-22H,13H2,1-2H3/t18-,19?/m0/s1. The first kappa shape index (κ1) is 16.6. The summed E-state index contributed by atoms with van der Waals surface area (Å²) in [6, 6.07) is 14.2. The highest BCUT2D eigenvalue weighted by atomic mass is 16.7. The van der Waals surface area contributed by atoms with Gasteiger partial charge in [-0.1, -0.05) is 36.4 Å². The van der Waals surface area contributed by atoms with Gasteiger partial charge in [0.15, 0.2) is 5.79 Å². The van der Waals surface area contributed by atoms with Crippen molar-refractivity contribution in [2.45, 2.75) is 31.7 Å². The molecule has 0 radical (unpaired) electrons. The van der Waals surface area contributed by atoms with Gasteiger partial charge in [-0.15, -0.1) is 0 Å². The zero-order valence-corrected chi connectivity index (χ0v) is 13.8. The van der Waals surface area contributed by atoms with Crippen LogP contribution in [0.4, 0.5) is 0 Å². The third-order valence-electron chi connectivity index (χ3n) is 4.10. The van der Waals surface area contributed by atoms with Gasteiger partial charge in [-0.2, -0.15) is 0 Å². The van der Waals surface area contributed by atoms with Gasteiger partial charge in [-0.3, -0.25) is 0 Å². The summed E-state index contributed by atoms with van der Waals surface area (Å²) in [6.07, 6.45) is 3.98. The van der Waals surface area contributed by atoms with Gasteiger partial charge in [0.05, 0.1) is 12.7 Å². The molecule has 1 fully saturated rings. The third-order valence-corrected chi connectivity index (χ3v) is 4.10.